The molecule has 1 aromatic heterocycles. The summed E-state index contributed by atoms with van der Waals surface area (Å²) in [5, 5.41) is 4.28. The van der Waals surface area contributed by atoms with Crippen LogP contribution in [-0.4, -0.2) is 27.6 Å². The average molecular weight is 337 g/mol. The highest BCUT2D eigenvalue weighted by Gasteiger charge is 2.20. The van der Waals surface area contributed by atoms with Crippen molar-refractivity contribution >= 4 is 5.91 Å². The number of carbonyl (C=O) groups is 1. The molecule has 5 heteroatoms. The number of rotatable bonds is 5. The van der Waals surface area contributed by atoms with Crippen molar-refractivity contribution in [3.63, 3.8) is 0 Å². The van der Waals surface area contributed by atoms with E-state index in [0.29, 0.717) is 12.1 Å². The molecule has 0 radical (unpaired) electrons. The monoisotopic (exact) mass is 337 g/mol. The Labute approximate surface area is 146 Å². The number of hydrogen-bond acceptors (Lipinski definition) is 2. The van der Waals surface area contributed by atoms with E-state index in [2.05, 4.69) is 5.10 Å². The Morgan fingerprint density at radius 1 is 1.16 bits per heavy atom. The molecule has 0 saturated heterocycles. The standard InChI is InChI=1S/C20H20FN3O/c1-15(17-8-10-19(21)11-9-17)23(2)20(25)18-12-22-24(14-18)13-16-6-4-3-5-7-16/h3-12,14-15H,13H2,1-2H3. The number of aromatic nitrogens is 2. The van der Waals surface area contributed by atoms with Gasteiger partial charge >= 0.3 is 0 Å². The Morgan fingerprint density at radius 2 is 1.84 bits per heavy atom. The summed E-state index contributed by atoms with van der Waals surface area (Å²) in [6.45, 7) is 2.53. The zero-order valence-electron chi connectivity index (χ0n) is 14.3. The second-order valence-corrected chi connectivity index (χ2v) is 6.06. The number of amides is 1. The predicted molar refractivity (Wildman–Crippen MR) is 94.7 cm³/mol. The molecule has 0 N–H and O–H groups in total. The third-order valence-electron chi connectivity index (χ3n) is 4.32. The van der Waals surface area contributed by atoms with Gasteiger partial charge in [0.25, 0.3) is 5.91 Å². The van der Waals surface area contributed by atoms with Gasteiger partial charge in [-0.1, -0.05) is 42.5 Å². The lowest BCUT2D eigenvalue weighted by Gasteiger charge is -2.24. The molecule has 0 saturated carbocycles. The van der Waals surface area contributed by atoms with E-state index in [4.69, 9.17) is 0 Å². The van der Waals surface area contributed by atoms with E-state index in [1.807, 2.05) is 37.3 Å². The molecule has 4 nitrogen and oxygen atoms in total. The summed E-state index contributed by atoms with van der Waals surface area (Å²) in [6, 6.07) is 16.0. The van der Waals surface area contributed by atoms with Gasteiger partial charge in [0.1, 0.15) is 5.82 Å². The molecule has 3 rings (SSSR count). The second kappa shape index (κ2) is 7.30. The lowest BCUT2D eigenvalue weighted by Crippen LogP contribution is -2.29. The molecule has 1 amide bonds. The van der Waals surface area contributed by atoms with Gasteiger partial charge in [-0.3, -0.25) is 9.48 Å². The molecular weight excluding hydrogens is 317 g/mol. The van der Waals surface area contributed by atoms with Crippen LogP contribution in [0.3, 0.4) is 0 Å². The number of benzene rings is 2. The summed E-state index contributed by atoms with van der Waals surface area (Å²) in [6.07, 6.45) is 3.34. The molecule has 128 valence electrons. The fourth-order valence-electron chi connectivity index (χ4n) is 2.68. The van der Waals surface area contributed by atoms with E-state index in [1.165, 1.54) is 12.1 Å². The van der Waals surface area contributed by atoms with E-state index in [1.54, 1.807) is 41.2 Å². The molecule has 0 aliphatic carbocycles. The van der Waals surface area contributed by atoms with Crippen molar-refractivity contribution < 1.29 is 9.18 Å². The zero-order valence-corrected chi connectivity index (χ0v) is 14.3. The van der Waals surface area contributed by atoms with Crippen LogP contribution in [-0.2, 0) is 6.54 Å². The highest BCUT2D eigenvalue weighted by molar-refractivity contribution is 5.93. The van der Waals surface area contributed by atoms with Crippen molar-refractivity contribution in [2.75, 3.05) is 7.05 Å². The third-order valence-corrected chi connectivity index (χ3v) is 4.32. The van der Waals surface area contributed by atoms with E-state index < -0.39 is 0 Å². The first-order valence-electron chi connectivity index (χ1n) is 8.13. The van der Waals surface area contributed by atoms with Crippen LogP contribution in [0.2, 0.25) is 0 Å². The molecule has 1 heterocycles. The lowest BCUT2D eigenvalue weighted by atomic mass is 10.1. The average Bonchev–Trinajstić information content (AvgIpc) is 3.10. The molecule has 25 heavy (non-hydrogen) atoms. The van der Waals surface area contributed by atoms with Gasteiger partial charge in [-0.05, 0) is 30.2 Å². The minimum atomic E-state index is -0.285. The first-order chi connectivity index (χ1) is 12.0. The Kier molecular flexibility index (Phi) is 4.93. The quantitative estimate of drug-likeness (QED) is 0.708. The van der Waals surface area contributed by atoms with Crippen molar-refractivity contribution in [3.8, 4) is 0 Å². The van der Waals surface area contributed by atoms with Gasteiger partial charge in [-0.2, -0.15) is 5.10 Å². The van der Waals surface area contributed by atoms with Gasteiger partial charge in [0, 0.05) is 13.2 Å². The van der Waals surface area contributed by atoms with E-state index in [-0.39, 0.29) is 17.8 Å². The van der Waals surface area contributed by atoms with Crippen LogP contribution in [0.25, 0.3) is 0 Å². The summed E-state index contributed by atoms with van der Waals surface area (Å²) in [7, 11) is 1.74. The first kappa shape index (κ1) is 16.9. The molecule has 0 fully saturated rings. The fraction of sp³-hybridized carbons (Fsp3) is 0.200. The van der Waals surface area contributed by atoms with E-state index in [9.17, 15) is 9.18 Å². The number of carbonyl (C=O) groups excluding carboxylic acids is 1. The second-order valence-electron chi connectivity index (χ2n) is 6.06. The maximum atomic E-state index is 13.1. The maximum absolute atomic E-state index is 13.1. The van der Waals surface area contributed by atoms with Gasteiger partial charge in [0.05, 0.1) is 24.3 Å². The Morgan fingerprint density at radius 3 is 2.52 bits per heavy atom. The van der Waals surface area contributed by atoms with Gasteiger partial charge < -0.3 is 4.90 Å². The topological polar surface area (TPSA) is 38.1 Å². The van der Waals surface area contributed by atoms with Gasteiger partial charge in [0.15, 0.2) is 0 Å². The first-order valence-corrected chi connectivity index (χ1v) is 8.13. The smallest absolute Gasteiger partial charge is 0.257 e. The van der Waals surface area contributed by atoms with Crippen LogP contribution in [0.15, 0.2) is 67.0 Å². The van der Waals surface area contributed by atoms with Gasteiger partial charge in [0.2, 0.25) is 0 Å². The molecule has 2 aromatic carbocycles. The lowest BCUT2D eigenvalue weighted by molar-refractivity contribution is 0.0742. The molecular formula is C20H20FN3O. The van der Waals surface area contributed by atoms with Crippen LogP contribution >= 0.6 is 0 Å². The minimum Gasteiger partial charge on any atom is -0.335 e. The molecule has 0 bridgehead atoms. The Balaban J connectivity index is 1.71. The largest absolute Gasteiger partial charge is 0.335 e. The molecule has 0 aliphatic rings. The predicted octanol–water partition coefficient (Wildman–Crippen LogP) is 3.90. The summed E-state index contributed by atoms with van der Waals surface area (Å²) < 4.78 is 14.8. The van der Waals surface area contributed by atoms with Gasteiger partial charge in [-0.15, -0.1) is 0 Å². The Bertz CT molecular complexity index is 843. The maximum Gasteiger partial charge on any atom is 0.257 e. The molecule has 3 aromatic rings. The van der Waals surface area contributed by atoms with E-state index >= 15 is 0 Å². The van der Waals surface area contributed by atoms with Crippen LogP contribution in [0, 0.1) is 5.82 Å². The number of hydrogen-bond donors (Lipinski definition) is 0. The molecule has 1 unspecified atom stereocenters. The van der Waals surface area contributed by atoms with Gasteiger partial charge in [-0.25, -0.2) is 4.39 Å². The van der Waals surface area contributed by atoms with E-state index in [0.717, 1.165) is 11.1 Å². The van der Waals surface area contributed by atoms with Crippen molar-refractivity contribution in [2.24, 2.45) is 0 Å². The van der Waals surface area contributed by atoms with Crippen molar-refractivity contribution in [1.82, 2.24) is 14.7 Å². The summed E-state index contributed by atoms with van der Waals surface area (Å²) in [4.78, 5) is 14.3. The summed E-state index contributed by atoms with van der Waals surface area (Å²) in [5.74, 6) is -0.400. The van der Waals surface area contributed by atoms with Crippen LogP contribution in [0.5, 0.6) is 0 Å². The Hall–Kier alpha value is -2.95. The third kappa shape index (κ3) is 3.94. The van der Waals surface area contributed by atoms with Crippen molar-refractivity contribution in [3.05, 3.63) is 89.5 Å². The normalized spacial score (nSPS) is 12.0. The van der Waals surface area contributed by atoms with Crippen molar-refractivity contribution in [1.29, 1.82) is 0 Å². The van der Waals surface area contributed by atoms with Crippen LogP contribution < -0.4 is 0 Å². The SMILES string of the molecule is CC(c1ccc(F)cc1)N(C)C(=O)c1cnn(Cc2ccccc2)c1. The number of nitrogens with zero attached hydrogens (tertiary/aromatic N) is 3. The van der Waals surface area contributed by atoms with Crippen LogP contribution in [0.4, 0.5) is 4.39 Å². The number of halogens is 1. The molecule has 0 aliphatic heterocycles. The highest BCUT2D eigenvalue weighted by atomic mass is 19.1. The zero-order chi connectivity index (χ0) is 17.8. The minimum absolute atomic E-state index is 0.115. The van der Waals surface area contributed by atoms with Crippen LogP contribution in [0.1, 0.15) is 34.5 Å². The highest BCUT2D eigenvalue weighted by Crippen LogP contribution is 2.21. The summed E-state index contributed by atoms with van der Waals surface area (Å²) >= 11 is 0. The van der Waals surface area contributed by atoms with Crippen molar-refractivity contribution in [2.45, 2.75) is 19.5 Å². The fourth-order valence-corrected chi connectivity index (χ4v) is 2.68. The summed E-state index contributed by atoms with van der Waals surface area (Å²) in [5.41, 5.74) is 2.54. The molecule has 1 atom stereocenters. The molecule has 0 spiro atoms.